The Kier molecular flexibility index (Phi) is 3.40. The number of rotatable bonds is 5. The first-order valence-electron chi connectivity index (χ1n) is 6.39. The van der Waals surface area contributed by atoms with Gasteiger partial charge in [-0.25, -0.2) is 4.98 Å². The molecule has 2 N–H and O–H groups in total. The van der Waals surface area contributed by atoms with Gasteiger partial charge in [-0.3, -0.25) is 4.68 Å². The predicted molar refractivity (Wildman–Crippen MR) is 77.6 cm³/mol. The van der Waals surface area contributed by atoms with Crippen LogP contribution >= 0.6 is 0 Å². The fourth-order valence-electron chi connectivity index (χ4n) is 1.96. The van der Waals surface area contributed by atoms with E-state index in [-0.39, 0.29) is 0 Å². The van der Waals surface area contributed by atoms with Gasteiger partial charge in [0.05, 0.1) is 18.3 Å². The van der Waals surface area contributed by atoms with E-state index in [1.807, 2.05) is 37.5 Å². The molecule has 1 aromatic carbocycles. The zero-order valence-electron chi connectivity index (χ0n) is 11.1. The van der Waals surface area contributed by atoms with Gasteiger partial charge in [-0.05, 0) is 12.1 Å². The maximum atomic E-state index is 4.46. The van der Waals surface area contributed by atoms with Gasteiger partial charge in [0.1, 0.15) is 5.82 Å². The van der Waals surface area contributed by atoms with Crippen molar-refractivity contribution < 1.29 is 0 Å². The van der Waals surface area contributed by atoms with E-state index in [1.165, 1.54) is 0 Å². The van der Waals surface area contributed by atoms with Gasteiger partial charge in [-0.15, -0.1) is 5.10 Å². The molecular formula is C13H15N7. The minimum atomic E-state index is 0.604. The van der Waals surface area contributed by atoms with Crippen molar-refractivity contribution in [3.05, 3.63) is 36.7 Å². The van der Waals surface area contributed by atoms with Gasteiger partial charge in [-0.1, -0.05) is 17.3 Å². The Hall–Kier alpha value is -2.70. The van der Waals surface area contributed by atoms with Gasteiger partial charge < -0.3 is 10.6 Å². The summed E-state index contributed by atoms with van der Waals surface area (Å²) in [5, 5.41) is 15.0. The van der Waals surface area contributed by atoms with Crippen LogP contribution in [0.5, 0.6) is 0 Å². The molecule has 2 aromatic heterocycles. The monoisotopic (exact) mass is 269 g/mol. The molecule has 102 valence electrons. The van der Waals surface area contributed by atoms with Crippen LogP contribution in [0, 0.1) is 0 Å². The average Bonchev–Trinajstić information content (AvgIpc) is 3.00. The van der Waals surface area contributed by atoms with E-state index in [1.54, 1.807) is 10.9 Å². The van der Waals surface area contributed by atoms with Gasteiger partial charge in [0.15, 0.2) is 0 Å². The normalized spacial score (nSPS) is 10.7. The second kappa shape index (κ2) is 5.52. The molecule has 0 aliphatic rings. The summed E-state index contributed by atoms with van der Waals surface area (Å²) < 4.78 is 1.77. The number of benzene rings is 1. The summed E-state index contributed by atoms with van der Waals surface area (Å²) in [6.45, 7) is 1.45. The van der Waals surface area contributed by atoms with Crippen LogP contribution in [-0.4, -0.2) is 38.6 Å². The molecule has 0 radical (unpaired) electrons. The highest BCUT2D eigenvalue weighted by Gasteiger charge is 2.06. The van der Waals surface area contributed by atoms with Crippen molar-refractivity contribution in [1.82, 2.24) is 25.0 Å². The van der Waals surface area contributed by atoms with Crippen LogP contribution in [0.4, 0.5) is 11.8 Å². The molecule has 7 heteroatoms. The van der Waals surface area contributed by atoms with E-state index in [4.69, 9.17) is 0 Å². The van der Waals surface area contributed by atoms with E-state index < -0.39 is 0 Å². The molecule has 0 saturated heterocycles. The first kappa shape index (κ1) is 12.3. The molecule has 7 nitrogen and oxygen atoms in total. The Morgan fingerprint density at radius 3 is 2.90 bits per heavy atom. The topological polar surface area (TPSA) is 80.5 Å². The molecule has 0 amide bonds. The van der Waals surface area contributed by atoms with Crippen molar-refractivity contribution in [2.24, 2.45) is 0 Å². The minimum absolute atomic E-state index is 0.604. The summed E-state index contributed by atoms with van der Waals surface area (Å²) in [5.74, 6) is 1.42. The van der Waals surface area contributed by atoms with Crippen LogP contribution in [0.1, 0.15) is 0 Å². The quantitative estimate of drug-likeness (QED) is 0.728. The van der Waals surface area contributed by atoms with Crippen molar-refractivity contribution in [2.45, 2.75) is 6.54 Å². The Morgan fingerprint density at radius 1 is 1.20 bits per heavy atom. The predicted octanol–water partition coefficient (Wildman–Crippen LogP) is 1.38. The van der Waals surface area contributed by atoms with Crippen LogP contribution in [0.2, 0.25) is 0 Å². The molecule has 0 unspecified atom stereocenters. The van der Waals surface area contributed by atoms with Crippen LogP contribution in [0.15, 0.2) is 36.7 Å². The third kappa shape index (κ3) is 2.51. The summed E-state index contributed by atoms with van der Waals surface area (Å²) in [7, 11) is 1.81. The van der Waals surface area contributed by atoms with Crippen molar-refractivity contribution in [1.29, 1.82) is 0 Å². The lowest BCUT2D eigenvalue weighted by atomic mass is 10.2. The van der Waals surface area contributed by atoms with E-state index in [9.17, 15) is 0 Å². The fraction of sp³-hybridized carbons (Fsp3) is 0.231. The smallest absolute Gasteiger partial charge is 0.224 e. The lowest BCUT2D eigenvalue weighted by molar-refractivity contribution is 0.608. The Bertz CT molecular complexity index is 693. The van der Waals surface area contributed by atoms with Gasteiger partial charge in [0.25, 0.3) is 0 Å². The maximum Gasteiger partial charge on any atom is 0.224 e. The molecule has 0 aliphatic carbocycles. The third-order valence-corrected chi connectivity index (χ3v) is 2.93. The number of aromatic nitrogens is 5. The lowest BCUT2D eigenvalue weighted by Crippen LogP contribution is -2.13. The molecule has 0 fully saturated rings. The minimum Gasteiger partial charge on any atom is -0.368 e. The van der Waals surface area contributed by atoms with Gasteiger partial charge in [0, 0.05) is 25.2 Å². The number of anilines is 2. The number of hydrogen-bond donors (Lipinski definition) is 2. The van der Waals surface area contributed by atoms with Crippen LogP contribution < -0.4 is 10.6 Å². The summed E-state index contributed by atoms with van der Waals surface area (Å²) >= 11 is 0. The Morgan fingerprint density at radius 2 is 2.10 bits per heavy atom. The first-order chi connectivity index (χ1) is 9.86. The van der Waals surface area contributed by atoms with E-state index >= 15 is 0 Å². The Labute approximate surface area is 116 Å². The molecule has 0 saturated carbocycles. The van der Waals surface area contributed by atoms with Crippen molar-refractivity contribution in [3.8, 4) is 0 Å². The molecule has 3 rings (SSSR count). The molecule has 20 heavy (non-hydrogen) atoms. The first-order valence-corrected chi connectivity index (χ1v) is 6.39. The van der Waals surface area contributed by atoms with E-state index in [0.29, 0.717) is 12.5 Å². The molecule has 0 spiro atoms. The summed E-state index contributed by atoms with van der Waals surface area (Å²) in [6, 6.07) is 7.92. The molecule has 0 atom stereocenters. The van der Waals surface area contributed by atoms with Crippen molar-refractivity contribution >= 4 is 22.7 Å². The number of nitrogens with one attached hydrogen (secondary N) is 2. The SMILES string of the molecule is CNc1nc(NCCn2ccnn2)c2ccccc2n1. The highest BCUT2D eigenvalue weighted by molar-refractivity contribution is 5.89. The summed E-state index contributed by atoms with van der Waals surface area (Å²) in [6.07, 6.45) is 3.50. The second-order valence-corrected chi connectivity index (χ2v) is 4.26. The average molecular weight is 269 g/mol. The number of fused-ring (bicyclic) bond motifs is 1. The number of para-hydroxylation sites is 1. The molecule has 3 aromatic rings. The van der Waals surface area contributed by atoms with Crippen LogP contribution in [0.25, 0.3) is 10.9 Å². The summed E-state index contributed by atoms with van der Waals surface area (Å²) in [5.41, 5.74) is 0.912. The molecule has 2 heterocycles. The third-order valence-electron chi connectivity index (χ3n) is 2.93. The number of nitrogens with zero attached hydrogens (tertiary/aromatic N) is 5. The molecule has 0 aliphatic heterocycles. The number of hydrogen-bond acceptors (Lipinski definition) is 6. The summed E-state index contributed by atoms with van der Waals surface area (Å²) in [4.78, 5) is 8.88. The van der Waals surface area contributed by atoms with Crippen LogP contribution in [0.3, 0.4) is 0 Å². The standard InChI is InChI=1S/C13H15N7/c1-14-13-17-11-5-3-2-4-10(11)12(18-13)15-6-8-20-9-7-16-19-20/h2-5,7,9H,6,8H2,1H3,(H2,14,15,17,18). The molecular weight excluding hydrogens is 254 g/mol. The fourth-order valence-corrected chi connectivity index (χ4v) is 1.96. The second-order valence-electron chi connectivity index (χ2n) is 4.26. The lowest BCUT2D eigenvalue weighted by Gasteiger charge is -2.10. The largest absolute Gasteiger partial charge is 0.368 e. The van der Waals surface area contributed by atoms with E-state index in [0.717, 1.165) is 23.3 Å². The zero-order chi connectivity index (χ0) is 13.8. The van der Waals surface area contributed by atoms with Gasteiger partial charge >= 0.3 is 0 Å². The van der Waals surface area contributed by atoms with Gasteiger partial charge in [0.2, 0.25) is 5.95 Å². The molecule has 0 bridgehead atoms. The highest BCUT2D eigenvalue weighted by atomic mass is 15.4. The maximum absolute atomic E-state index is 4.46. The van der Waals surface area contributed by atoms with Crippen molar-refractivity contribution in [3.63, 3.8) is 0 Å². The van der Waals surface area contributed by atoms with Gasteiger partial charge in [-0.2, -0.15) is 4.98 Å². The zero-order valence-corrected chi connectivity index (χ0v) is 11.1. The van der Waals surface area contributed by atoms with Crippen LogP contribution in [-0.2, 0) is 6.54 Å². The highest BCUT2D eigenvalue weighted by Crippen LogP contribution is 2.21. The Balaban J connectivity index is 1.82. The van der Waals surface area contributed by atoms with E-state index in [2.05, 4.69) is 30.9 Å². The van der Waals surface area contributed by atoms with Crippen molar-refractivity contribution in [2.75, 3.05) is 24.2 Å².